The van der Waals surface area contributed by atoms with Crippen molar-refractivity contribution in [3.8, 4) is 0 Å². The maximum absolute atomic E-state index is 14.5. The highest BCUT2D eigenvalue weighted by Gasteiger charge is 2.57. The Kier molecular flexibility index (Phi) is 3.61. The van der Waals surface area contributed by atoms with Gasteiger partial charge in [-0.05, 0) is 48.7 Å². The second kappa shape index (κ2) is 5.05. The van der Waals surface area contributed by atoms with Crippen molar-refractivity contribution in [2.75, 3.05) is 6.61 Å². The first-order chi connectivity index (χ1) is 10.6. The molecular formula is C17H23FN2O2S. The van der Waals surface area contributed by atoms with E-state index < -0.39 is 25.1 Å². The number of amidine groups is 1. The monoisotopic (exact) mass is 338 g/mol. The van der Waals surface area contributed by atoms with E-state index in [1.165, 1.54) is 6.07 Å². The second-order valence-electron chi connectivity index (χ2n) is 6.98. The lowest BCUT2D eigenvalue weighted by molar-refractivity contribution is -0.0172. The van der Waals surface area contributed by atoms with E-state index in [-0.39, 0.29) is 24.4 Å². The molecule has 2 heterocycles. The number of nitrogens with zero attached hydrogens (tertiary/aromatic N) is 1. The zero-order valence-electron chi connectivity index (χ0n) is 13.7. The zero-order valence-corrected chi connectivity index (χ0v) is 14.5. The Hall–Kier alpha value is -1.40. The van der Waals surface area contributed by atoms with Gasteiger partial charge in [0.1, 0.15) is 17.2 Å². The van der Waals surface area contributed by atoms with Gasteiger partial charge in [-0.2, -0.15) is 0 Å². The first-order valence-corrected chi connectivity index (χ1v) is 9.50. The van der Waals surface area contributed by atoms with Crippen LogP contribution in [-0.4, -0.2) is 38.6 Å². The van der Waals surface area contributed by atoms with Gasteiger partial charge in [-0.1, -0.05) is 18.2 Å². The van der Waals surface area contributed by atoms with E-state index in [2.05, 4.69) is 10.9 Å². The van der Waals surface area contributed by atoms with Gasteiger partial charge in [0.15, 0.2) is 0 Å². The minimum absolute atomic E-state index is 0.0761. The minimum atomic E-state index is -2.67. The van der Waals surface area contributed by atoms with E-state index in [4.69, 9.17) is 10.5 Å². The fourth-order valence-electron chi connectivity index (χ4n) is 3.51. The highest BCUT2D eigenvalue weighted by molar-refractivity contribution is 8.03. The molecule has 0 spiro atoms. The van der Waals surface area contributed by atoms with Crippen LogP contribution in [0.1, 0.15) is 32.8 Å². The number of benzene rings is 1. The molecule has 1 aromatic carbocycles. The molecule has 1 fully saturated rings. The molecule has 2 N–H and O–H groups in total. The lowest BCUT2D eigenvalue weighted by Crippen LogP contribution is -2.64. The third-order valence-corrected chi connectivity index (χ3v) is 8.71. The summed E-state index contributed by atoms with van der Waals surface area (Å²) in [6.07, 6.45) is 0.435. The van der Waals surface area contributed by atoms with E-state index >= 15 is 0 Å². The number of nitrogens with two attached hydrogens (primary N) is 1. The zero-order chi connectivity index (χ0) is 17.0. The van der Waals surface area contributed by atoms with Crippen LogP contribution in [0, 0.1) is 5.82 Å². The predicted octanol–water partition coefficient (Wildman–Crippen LogP) is 2.06. The molecule has 6 heteroatoms. The summed E-state index contributed by atoms with van der Waals surface area (Å²) in [7, 11) is -2.67. The summed E-state index contributed by atoms with van der Waals surface area (Å²) in [4.78, 5) is 4.66. The summed E-state index contributed by atoms with van der Waals surface area (Å²) in [6, 6.07) is 6.43. The SMILES string of the molecule is C=S1(=O)C2C[C@@H](C)OC[C@]2(c2ccccc2F)N=C(N)C1(C)C. The van der Waals surface area contributed by atoms with Gasteiger partial charge in [0, 0.05) is 5.56 Å². The Balaban J connectivity index is 2.32. The Morgan fingerprint density at radius 3 is 2.74 bits per heavy atom. The Morgan fingerprint density at radius 2 is 2.09 bits per heavy atom. The van der Waals surface area contributed by atoms with Crippen LogP contribution in [0.3, 0.4) is 0 Å². The smallest absolute Gasteiger partial charge is 0.128 e. The van der Waals surface area contributed by atoms with Crippen LogP contribution < -0.4 is 5.73 Å². The Labute approximate surface area is 136 Å². The lowest BCUT2D eigenvalue weighted by atomic mass is 9.82. The van der Waals surface area contributed by atoms with Crippen LogP contribution in [0.4, 0.5) is 4.39 Å². The van der Waals surface area contributed by atoms with Gasteiger partial charge in [0.05, 0.1) is 22.7 Å². The van der Waals surface area contributed by atoms with Crippen molar-refractivity contribution in [1.29, 1.82) is 0 Å². The number of ether oxygens (including phenoxy) is 1. The molecule has 23 heavy (non-hydrogen) atoms. The van der Waals surface area contributed by atoms with Gasteiger partial charge in [0.25, 0.3) is 0 Å². The standard InChI is InChI=1S/C17H23FN2O2S/c1-11-9-14-17(10-22-11,12-7-5-6-8-13(12)18)20-15(19)16(2,3)23(14,4)21/h5-8,11,14H,4,9-10H2,1-3H3,(H2,19,20)/t11-,14?,17-,23?/m1/s1. The van der Waals surface area contributed by atoms with Gasteiger partial charge in [-0.3, -0.25) is 9.20 Å². The van der Waals surface area contributed by atoms with Crippen molar-refractivity contribution in [3.63, 3.8) is 0 Å². The Morgan fingerprint density at radius 1 is 1.43 bits per heavy atom. The van der Waals surface area contributed by atoms with E-state index in [0.29, 0.717) is 12.0 Å². The summed E-state index contributed by atoms with van der Waals surface area (Å²) in [5.41, 5.74) is 5.46. The van der Waals surface area contributed by atoms with Crippen LogP contribution >= 0.6 is 0 Å². The molecule has 0 bridgehead atoms. The summed E-state index contributed by atoms with van der Waals surface area (Å²) in [6.45, 7) is 5.68. The first kappa shape index (κ1) is 16.5. The molecule has 0 radical (unpaired) electrons. The molecular weight excluding hydrogens is 315 g/mol. The van der Waals surface area contributed by atoms with Gasteiger partial charge in [-0.15, -0.1) is 0 Å². The second-order valence-corrected chi connectivity index (χ2v) is 10.0. The quantitative estimate of drug-likeness (QED) is 0.797. The van der Waals surface area contributed by atoms with Crippen molar-refractivity contribution in [2.24, 2.45) is 10.7 Å². The highest BCUT2D eigenvalue weighted by Crippen LogP contribution is 2.47. The van der Waals surface area contributed by atoms with Crippen molar-refractivity contribution < 1.29 is 13.3 Å². The first-order valence-electron chi connectivity index (χ1n) is 7.71. The van der Waals surface area contributed by atoms with Crippen molar-refractivity contribution in [3.05, 3.63) is 35.6 Å². The molecule has 2 unspecified atom stereocenters. The number of fused-ring (bicyclic) bond motifs is 1. The molecule has 3 rings (SSSR count). The molecule has 4 nitrogen and oxygen atoms in total. The summed E-state index contributed by atoms with van der Waals surface area (Å²) in [5, 5.41) is -0.419. The van der Waals surface area contributed by atoms with Crippen LogP contribution in [0.15, 0.2) is 29.3 Å². The van der Waals surface area contributed by atoms with Gasteiger partial charge in [-0.25, -0.2) is 4.39 Å². The summed E-state index contributed by atoms with van der Waals surface area (Å²) >= 11 is 0. The van der Waals surface area contributed by atoms with E-state index in [1.807, 2.05) is 6.92 Å². The molecule has 4 atom stereocenters. The number of halogens is 1. The fraction of sp³-hybridized carbons (Fsp3) is 0.529. The van der Waals surface area contributed by atoms with Gasteiger partial charge >= 0.3 is 0 Å². The van der Waals surface area contributed by atoms with Crippen LogP contribution in [0.2, 0.25) is 0 Å². The molecule has 1 aromatic rings. The molecule has 2 aliphatic heterocycles. The number of rotatable bonds is 1. The van der Waals surface area contributed by atoms with Crippen LogP contribution in [0.25, 0.3) is 0 Å². The molecule has 1 saturated heterocycles. The van der Waals surface area contributed by atoms with Crippen LogP contribution in [-0.2, 0) is 19.8 Å². The average molecular weight is 338 g/mol. The van der Waals surface area contributed by atoms with Gasteiger partial charge < -0.3 is 10.5 Å². The van der Waals surface area contributed by atoms with Crippen molar-refractivity contribution >= 4 is 21.2 Å². The fourth-order valence-corrected chi connectivity index (χ4v) is 6.08. The third kappa shape index (κ3) is 2.15. The summed E-state index contributed by atoms with van der Waals surface area (Å²) < 4.78 is 33.1. The normalized spacial score (nSPS) is 39.4. The largest absolute Gasteiger partial charge is 0.386 e. The number of aliphatic imine (C=N–C) groups is 1. The molecule has 0 amide bonds. The Bertz CT molecular complexity index is 773. The van der Waals surface area contributed by atoms with Crippen LogP contribution in [0.5, 0.6) is 0 Å². The highest BCUT2D eigenvalue weighted by atomic mass is 32.2. The third-order valence-electron chi connectivity index (χ3n) is 5.27. The predicted molar refractivity (Wildman–Crippen MR) is 92.9 cm³/mol. The minimum Gasteiger partial charge on any atom is -0.386 e. The lowest BCUT2D eigenvalue weighted by Gasteiger charge is -2.51. The summed E-state index contributed by atoms with van der Waals surface area (Å²) in [5.74, 6) is 3.90. The van der Waals surface area contributed by atoms with Crippen molar-refractivity contribution in [2.45, 2.75) is 48.8 Å². The van der Waals surface area contributed by atoms with Crippen molar-refractivity contribution in [1.82, 2.24) is 0 Å². The molecule has 126 valence electrons. The molecule has 0 aliphatic carbocycles. The maximum atomic E-state index is 14.5. The maximum Gasteiger partial charge on any atom is 0.128 e. The van der Waals surface area contributed by atoms with Gasteiger partial charge in [0.2, 0.25) is 0 Å². The molecule has 0 saturated carbocycles. The number of hydrogen-bond donors (Lipinski definition) is 1. The number of hydrogen-bond acceptors (Lipinski definition) is 4. The van der Waals surface area contributed by atoms with E-state index in [9.17, 15) is 8.60 Å². The molecule has 2 aliphatic rings. The van der Waals surface area contributed by atoms with E-state index in [1.54, 1.807) is 32.0 Å². The molecule has 0 aromatic heterocycles. The topological polar surface area (TPSA) is 64.7 Å². The average Bonchev–Trinajstić information content (AvgIpc) is 2.48. The van der Waals surface area contributed by atoms with E-state index in [0.717, 1.165) is 0 Å².